The van der Waals surface area contributed by atoms with Crippen LogP contribution in [0.5, 0.6) is 0 Å². The van der Waals surface area contributed by atoms with Crippen molar-refractivity contribution in [3.05, 3.63) is 23.8 Å². The summed E-state index contributed by atoms with van der Waals surface area (Å²) in [5, 5.41) is 1.21. The first-order chi connectivity index (χ1) is 8.72. The second-order valence-electron chi connectivity index (χ2n) is 4.17. The number of hydrogen-bond acceptors (Lipinski definition) is 3. The molecule has 0 fully saturated rings. The molecule has 3 nitrogen and oxygen atoms in total. The third-order valence-corrected chi connectivity index (χ3v) is 4.73. The minimum Gasteiger partial charge on any atom is -0.399 e. The lowest BCUT2D eigenvalue weighted by atomic mass is 10.1. The Morgan fingerprint density at radius 3 is 2.33 bits per heavy atom. The summed E-state index contributed by atoms with van der Waals surface area (Å²) in [6.07, 6.45) is 3.40. The first kappa shape index (κ1) is 15.2. The molecule has 0 heterocycles. The van der Waals surface area contributed by atoms with Gasteiger partial charge in [0.15, 0.2) is 0 Å². The van der Waals surface area contributed by atoms with Gasteiger partial charge in [0.05, 0.1) is 0 Å². The molecule has 0 atom stereocenters. The summed E-state index contributed by atoms with van der Waals surface area (Å²) in [4.78, 5) is 0. The van der Waals surface area contributed by atoms with Crippen LogP contribution in [0.2, 0.25) is 0 Å². The van der Waals surface area contributed by atoms with Crippen molar-refractivity contribution in [2.75, 3.05) is 18.9 Å². The third kappa shape index (κ3) is 4.44. The molecular formula is C14H24NO2Si. The maximum absolute atomic E-state index is 5.88. The number of aryl methyl sites for hydroxylation is 1. The molecule has 0 aliphatic carbocycles. The summed E-state index contributed by atoms with van der Waals surface area (Å²) in [6.45, 7) is 7.58. The van der Waals surface area contributed by atoms with Crippen molar-refractivity contribution in [2.24, 2.45) is 0 Å². The fourth-order valence-corrected chi connectivity index (χ4v) is 3.44. The van der Waals surface area contributed by atoms with E-state index in [0.29, 0.717) is 13.2 Å². The second-order valence-corrected chi connectivity index (χ2v) is 5.86. The molecule has 1 radical (unpaired) electrons. The van der Waals surface area contributed by atoms with E-state index in [1.807, 2.05) is 19.9 Å². The predicted molar refractivity (Wildman–Crippen MR) is 78.1 cm³/mol. The quantitative estimate of drug-likeness (QED) is 0.580. The first-order valence-electron chi connectivity index (χ1n) is 6.74. The number of anilines is 1. The van der Waals surface area contributed by atoms with Crippen LogP contribution in [-0.4, -0.2) is 22.5 Å². The van der Waals surface area contributed by atoms with E-state index in [-0.39, 0.29) is 0 Å². The third-order valence-electron chi connectivity index (χ3n) is 2.70. The summed E-state index contributed by atoms with van der Waals surface area (Å²) >= 11 is 0. The second kappa shape index (κ2) is 8.29. The van der Waals surface area contributed by atoms with Gasteiger partial charge in [0.25, 0.3) is 0 Å². The number of benzene rings is 1. The fourth-order valence-electron chi connectivity index (χ4n) is 1.85. The maximum Gasteiger partial charge on any atom is 0.423 e. The molecule has 4 heteroatoms. The monoisotopic (exact) mass is 266 g/mol. The van der Waals surface area contributed by atoms with E-state index in [2.05, 4.69) is 19.1 Å². The van der Waals surface area contributed by atoms with E-state index in [1.165, 1.54) is 23.6 Å². The summed E-state index contributed by atoms with van der Waals surface area (Å²) in [5.74, 6) is 0. The number of nitrogens with two attached hydrogens (primary N) is 1. The van der Waals surface area contributed by atoms with Crippen molar-refractivity contribution in [3.63, 3.8) is 0 Å². The summed E-state index contributed by atoms with van der Waals surface area (Å²) in [7, 11) is -1.36. The Labute approximate surface area is 112 Å². The van der Waals surface area contributed by atoms with Gasteiger partial charge in [-0.25, -0.2) is 0 Å². The van der Waals surface area contributed by atoms with E-state index in [1.54, 1.807) is 0 Å². The standard InChI is InChI=1S/C14H24NO2Si/c1-4-7-8-12-11-13(15)9-10-14(12)18(16-5-2)17-6-3/h9-11H,4-8,15H2,1-3H3. The number of rotatable bonds is 8. The minimum atomic E-state index is -1.36. The van der Waals surface area contributed by atoms with Gasteiger partial charge in [0, 0.05) is 18.9 Å². The summed E-state index contributed by atoms with van der Waals surface area (Å²) in [5.41, 5.74) is 7.98. The number of hydrogen-bond donors (Lipinski definition) is 1. The van der Waals surface area contributed by atoms with Crippen LogP contribution in [-0.2, 0) is 15.3 Å². The molecule has 2 N–H and O–H groups in total. The van der Waals surface area contributed by atoms with Crippen molar-refractivity contribution in [3.8, 4) is 0 Å². The Balaban J connectivity index is 2.95. The van der Waals surface area contributed by atoms with Gasteiger partial charge >= 0.3 is 9.28 Å². The highest BCUT2D eigenvalue weighted by Crippen LogP contribution is 2.10. The van der Waals surface area contributed by atoms with Gasteiger partial charge in [-0.3, -0.25) is 0 Å². The van der Waals surface area contributed by atoms with Gasteiger partial charge < -0.3 is 14.6 Å². The van der Waals surface area contributed by atoms with Crippen molar-refractivity contribution in [2.45, 2.75) is 40.0 Å². The lowest BCUT2D eigenvalue weighted by Gasteiger charge is -2.17. The SMILES string of the molecule is CCCCc1cc(N)ccc1[Si](OCC)OCC. The van der Waals surface area contributed by atoms with E-state index < -0.39 is 9.28 Å². The van der Waals surface area contributed by atoms with Crippen LogP contribution in [0.25, 0.3) is 0 Å². The molecule has 1 aromatic carbocycles. The lowest BCUT2D eigenvalue weighted by Crippen LogP contribution is -2.39. The molecule has 0 unspecified atom stereocenters. The summed E-state index contributed by atoms with van der Waals surface area (Å²) < 4.78 is 11.5. The molecule has 0 saturated carbocycles. The van der Waals surface area contributed by atoms with Crippen LogP contribution in [0.15, 0.2) is 18.2 Å². The zero-order valence-corrected chi connectivity index (χ0v) is 12.7. The van der Waals surface area contributed by atoms with Gasteiger partial charge in [0.1, 0.15) is 0 Å². The van der Waals surface area contributed by atoms with Crippen LogP contribution >= 0.6 is 0 Å². The molecule has 0 aliphatic heterocycles. The van der Waals surface area contributed by atoms with Crippen molar-refractivity contribution >= 4 is 20.2 Å². The molecule has 0 spiro atoms. The molecule has 0 aliphatic rings. The molecule has 18 heavy (non-hydrogen) atoms. The van der Waals surface area contributed by atoms with Crippen molar-refractivity contribution < 1.29 is 8.85 Å². The Kier molecular flexibility index (Phi) is 7.01. The highest BCUT2D eigenvalue weighted by atomic mass is 28.3. The molecule has 1 aromatic rings. The highest BCUT2D eigenvalue weighted by molar-refractivity contribution is 6.61. The smallest absolute Gasteiger partial charge is 0.399 e. The Morgan fingerprint density at radius 2 is 1.78 bits per heavy atom. The van der Waals surface area contributed by atoms with Crippen LogP contribution < -0.4 is 10.9 Å². The van der Waals surface area contributed by atoms with Gasteiger partial charge in [-0.1, -0.05) is 19.4 Å². The van der Waals surface area contributed by atoms with Gasteiger partial charge in [-0.2, -0.15) is 0 Å². The predicted octanol–water partition coefficient (Wildman–Crippen LogP) is 2.38. The van der Waals surface area contributed by atoms with Crippen LogP contribution in [0.1, 0.15) is 39.2 Å². The van der Waals surface area contributed by atoms with Gasteiger partial charge in [-0.15, -0.1) is 0 Å². The van der Waals surface area contributed by atoms with E-state index in [0.717, 1.165) is 12.1 Å². The average Bonchev–Trinajstić information content (AvgIpc) is 2.36. The molecule has 0 aromatic heterocycles. The van der Waals surface area contributed by atoms with E-state index in [4.69, 9.17) is 14.6 Å². The number of unbranched alkanes of at least 4 members (excludes halogenated alkanes) is 1. The summed E-state index contributed by atoms with van der Waals surface area (Å²) in [6, 6.07) is 6.07. The number of nitrogen functional groups attached to an aromatic ring is 1. The van der Waals surface area contributed by atoms with Gasteiger partial charge in [0.2, 0.25) is 0 Å². The van der Waals surface area contributed by atoms with Crippen molar-refractivity contribution in [1.82, 2.24) is 0 Å². The van der Waals surface area contributed by atoms with Crippen molar-refractivity contribution in [1.29, 1.82) is 0 Å². The van der Waals surface area contributed by atoms with E-state index >= 15 is 0 Å². The molecule has 1 rings (SSSR count). The Morgan fingerprint density at radius 1 is 1.11 bits per heavy atom. The first-order valence-corrected chi connectivity index (χ1v) is 8.05. The Bertz CT molecular complexity index is 352. The molecular weight excluding hydrogens is 242 g/mol. The molecule has 0 saturated heterocycles. The zero-order valence-electron chi connectivity index (χ0n) is 11.7. The topological polar surface area (TPSA) is 44.5 Å². The van der Waals surface area contributed by atoms with Crippen LogP contribution in [0.4, 0.5) is 5.69 Å². The molecule has 101 valence electrons. The average molecular weight is 266 g/mol. The fraction of sp³-hybridized carbons (Fsp3) is 0.571. The highest BCUT2D eigenvalue weighted by Gasteiger charge is 2.21. The normalized spacial score (nSPS) is 11.1. The van der Waals surface area contributed by atoms with Gasteiger partial charge in [-0.05, 0) is 49.6 Å². The van der Waals surface area contributed by atoms with Crippen LogP contribution in [0, 0.1) is 0 Å². The van der Waals surface area contributed by atoms with Crippen LogP contribution in [0.3, 0.4) is 0 Å². The lowest BCUT2D eigenvalue weighted by molar-refractivity contribution is 0.225. The van der Waals surface area contributed by atoms with E-state index in [9.17, 15) is 0 Å². The zero-order chi connectivity index (χ0) is 13.4. The Hall–Kier alpha value is -0.843. The largest absolute Gasteiger partial charge is 0.423 e. The molecule has 0 amide bonds. The molecule has 0 bridgehead atoms. The maximum atomic E-state index is 5.88. The minimum absolute atomic E-state index is 0.686.